The lowest BCUT2D eigenvalue weighted by Crippen LogP contribution is -2.43. The minimum absolute atomic E-state index is 0.256. The van der Waals surface area contributed by atoms with Gasteiger partial charge in [-0.05, 0) is 30.7 Å². The van der Waals surface area contributed by atoms with E-state index in [1.54, 1.807) is 0 Å². The van der Waals surface area contributed by atoms with Gasteiger partial charge in [0.15, 0.2) is 5.82 Å². The Kier molecular flexibility index (Phi) is 3.75. The number of hydrogen-bond donors (Lipinski definition) is 2. The van der Waals surface area contributed by atoms with Crippen LogP contribution in [0.2, 0.25) is 0 Å². The number of hydrogen-bond acceptors (Lipinski definition) is 4. The van der Waals surface area contributed by atoms with Crippen LogP contribution in [0.3, 0.4) is 0 Å². The van der Waals surface area contributed by atoms with Crippen LogP contribution in [-0.4, -0.2) is 46.3 Å². The molecule has 1 fully saturated rings. The SMILES string of the molecule is Cc1cc(F)cc(-c2n[nH]c(CN3CCNCC3)n2)c1. The highest BCUT2D eigenvalue weighted by atomic mass is 19.1. The molecule has 0 aliphatic carbocycles. The van der Waals surface area contributed by atoms with Gasteiger partial charge in [0.2, 0.25) is 0 Å². The molecule has 0 amide bonds. The Morgan fingerprint density at radius 1 is 1.25 bits per heavy atom. The van der Waals surface area contributed by atoms with Gasteiger partial charge in [-0.15, -0.1) is 0 Å². The van der Waals surface area contributed by atoms with Gasteiger partial charge in [0, 0.05) is 31.7 Å². The number of halogens is 1. The zero-order valence-electron chi connectivity index (χ0n) is 11.5. The van der Waals surface area contributed by atoms with E-state index in [4.69, 9.17) is 0 Å². The first-order valence-electron chi connectivity index (χ1n) is 6.82. The number of rotatable bonds is 3. The normalized spacial score (nSPS) is 16.5. The van der Waals surface area contributed by atoms with Crippen molar-refractivity contribution >= 4 is 0 Å². The average Bonchev–Trinajstić information content (AvgIpc) is 2.87. The molecular weight excluding hydrogens is 257 g/mol. The molecule has 1 saturated heterocycles. The molecule has 0 saturated carbocycles. The predicted molar refractivity (Wildman–Crippen MR) is 74.7 cm³/mol. The van der Waals surface area contributed by atoms with Crippen molar-refractivity contribution in [3.05, 3.63) is 35.4 Å². The standard InChI is InChI=1S/C14H18FN5/c1-10-6-11(8-12(15)7-10)14-17-13(18-19-14)9-20-4-2-16-3-5-20/h6-8,16H,2-5,9H2,1H3,(H,17,18,19). The summed E-state index contributed by atoms with van der Waals surface area (Å²) < 4.78 is 13.4. The highest BCUT2D eigenvalue weighted by molar-refractivity contribution is 5.55. The van der Waals surface area contributed by atoms with Gasteiger partial charge in [0.05, 0.1) is 6.54 Å². The van der Waals surface area contributed by atoms with Crippen LogP contribution < -0.4 is 5.32 Å². The first-order chi connectivity index (χ1) is 9.70. The van der Waals surface area contributed by atoms with E-state index in [1.807, 2.05) is 13.0 Å². The summed E-state index contributed by atoms with van der Waals surface area (Å²) in [6.45, 7) is 6.64. The molecule has 0 radical (unpaired) electrons. The maximum Gasteiger partial charge on any atom is 0.181 e. The second-order valence-electron chi connectivity index (χ2n) is 5.15. The summed E-state index contributed by atoms with van der Waals surface area (Å²) >= 11 is 0. The molecule has 20 heavy (non-hydrogen) atoms. The fourth-order valence-electron chi connectivity index (χ4n) is 2.44. The van der Waals surface area contributed by atoms with Crippen molar-refractivity contribution in [2.45, 2.75) is 13.5 Å². The van der Waals surface area contributed by atoms with Crippen LogP contribution in [0.4, 0.5) is 4.39 Å². The molecule has 6 heteroatoms. The Morgan fingerprint density at radius 2 is 2.05 bits per heavy atom. The number of H-pyrrole nitrogens is 1. The van der Waals surface area contributed by atoms with Crippen LogP contribution in [0.15, 0.2) is 18.2 Å². The second-order valence-corrected chi connectivity index (χ2v) is 5.15. The van der Waals surface area contributed by atoms with Crippen LogP contribution in [0, 0.1) is 12.7 Å². The predicted octanol–water partition coefficient (Wildman–Crippen LogP) is 1.32. The quantitative estimate of drug-likeness (QED) is 0.887. The molecule has 2 aromatic rings. The number of aromatic amines is 1. The lowest BCUT2D eigenvalue weighted by atomic mass is 10.1. The largest absolute Gasteiger partial charge is 0.314 e. The van der Waals surface area contributed by atoms with Crippen molar-refractivity contribution in [1.82, 2.24) is 25.4 Å². The monoisotopic (exact) mass is 275 g/mol. The van der Waals surface area contributed by atoms with E-state index < -0.39 is 0 Å². The van der Waals surface area contributed by atoms with Gasteiger partial charge in [0.1, 0.15) is 11.6 Å². The summed E-state index contributed by atoms with van der Waals surface area (Å²) in [5.74, 6) is 1.12. The lowest BCUT2D eigenvalue weighted by Gasteiger charge is -2.25. The van der Waals surface area contributed by atoms with Crippen LogP contribution in [0.25, 0.3) is 11.4 Å². The van der Waals surface area contributed by atoms with Crippen molar-refractivity contribution in [2.75, 3.05) is 26.2 Å². The number of nitrogens with zero attached hydrogens (tertiary/aromatic N) is 3. The fraction of sp³-hybridized carbons (Fsp3) is 0.429. The molecule has 0 bridgehead atoms. The molecular formula is C14H18FN5. The van der Waals surface area contributed by atoms with Gasteiger partial charge in [-0.25, -0.2) is 9.37 Å². The van der Waals surface area contributed by atoms with E-state index in [0.717, 1.165) is 44.1 Å². The number of nitrogens with one attached hydrogen (secondary N) is 2. The molecule has 3 rings (SSSR count). The molecule has 1 aliphatic heterocycles. The molecule has 0 spiro atoms. The Bertz CT molecular complexity index is 569. The molecule has 1 aromatic carbocycles. The molecule has 0 atom stereocenters. The molecule has 2 heterocycles. The number of piperazine rings is 1. The zero-order valence-corrected chi connectivity index (χ0v) is 11.5. The number of benzene rings is 1. The molecule has 106 valence electrons. The molecule has 2 N–H and O–H groups in total. The first-order valence-corrected chi connectivity index (χ1v) is 6.82. The third-order valence-corrected chi connectivity index (χ3v) is 3.42. The summed E-state index contributed by atoms with van der Waals surface area (Å²) in [6, 6.07) is 4.85. The molecule has 1 aromatic heterocycles. The van der Waals surface area contributed by atoms with Gasteiger partial charge in [-0.2, -0.15) is 5.10 Å². The maximum atomic E-state index is 13.4. The second kappa shape index (κ2) is 5.68. The van der Waals surface area contributed by atoms with E-state index in [2.05, 4.69) is 25.4 Å². The van der Waals surface area contributed by atoms with Gasteiger partial charge in [-0.1, -0.05) is 0 Å². The van der Waals surface area contributed by atoms with E-state index in [1.165, 1.54) is 12.1 Å². The van der Waals surface area contributed by atoms with Crippen molar-refractivity contribution in [3.8, 4) is 11.4 Å². The minimum atomic E-state index is -0.256. The van der Waals surface area contributed by atoms with Crippen molar-refractivity contribution < 1.29 is 4.39 Å². The zero-order chi connectivity index (χ0) is 13.9. The lowest BCUT2D eigenvalue weighted by molar-refractivity contribution is 0.228. The van der Waals surface area contributed by atoms with Crippen molar-refractivity contribution in [3.63, 3.8) is 0 Å². The van der Waals surface area contributed by atoms with E-state index in [0.29, 0.717) is 11.4 Å². The van der Waals surface area contributed by atoms with Crippen LogP contribution in [0.1, 0.15) is 11.4 Å². The summed E-state index contributed by atoms with van der Waals surface area (Å²) in [6.07, 6.45) is 0. The Labute approximate surface area is 117 Å². The highest BCUT2D eigenvalue weighted by Gasteiger charge is 2.13. The average molecular weight is 275 g/mol. The van der Waals surface area contributed by atoms with Gasteiger partial charge in [0.25, 0.3) is 0 Å². The maximum absolute atomic E-state index is 13.4. The van der Waals surface area contributed by atoms with Gasteiger partial charge in [-0.3, -0.25) is 10.00 Å². The Morgan fingerprint density at radius 3 is 2.80 bits per heavy atom. The summed E-state index contributed by atoms with van der Waals surface area (Å²) in [5.41, 5.74) is 1.58. The third-order valence-electron chi connectivity index (χ3n) is 3.42. The summed E-state index contributed by atoms with van der Waals surface area (Å²) in [5, 5.41) is 10.4. The van der Waals surface area contributed by atoms with Gasteiger partial charge >= 0.3 is 0 Å². The minimum Gasteiger partial charge on any atom is -0.314 e. The van der Waals surface area contributed by atoms with Crippen LogP contribution in [-0.2, 0) is 6.54 Å². The molecule has 0 unspecified atom stereocenters. The van der Waals surface area contributed by atoms with Crippen LogP contribution >= 0.6 is 0 Å². The van der Waals surface area contributed by atoms with E-state index in [9.17, 15) is 4.39 Å². The fourth-order valence-corrected chi connectivity index (χ4v) is 2.44. The van der Waals surface area contributed by atoms with E-state index >= 15 is 0 Å². The molecule has 1 aliphatic rings. The first kappa shape index (κ1) is 13.2. The van der Waals surface area contributed by atoms with Gasteiger partial charge < -0.3 is 5.32 Å². The van der Waals surface area contributed by atoms with Crippen molar-refractivity contribution in [1.29, 1.82) is 0 Å². The third kappa shape index (κ3) is 3.02. The Balaban J connectivity index is 1.75. The summed E-state index contributed by atoms with van der Waals surface area (Å²) in [4.78, 5) is 6.78. The number of aromatic nitrogens is 3. The van der Waals surface area contributed by atoms with E-state index in [-0.39, 0.29) is 5.82 Å². The topological polar surface area (TPSA) is 56.8 Å². The highest BCUT2D eigenvalue weighted by Crippen LogP contribution is 2.18. The van der Waals surface area contributed by atoms with Crippen LogP contribution in [0.5, 0.6) is 0 Å². The Hall–Kier alpha value is -1.79. The summed E-state index contributed by atoms with van der Waals surface area (Å²) in [7, 11) is 0. The number of aryl methyl sites for hydroxylation is 1. The molecule has 5 nitrogen and oxygen atoms in total. The van der Waals surface area contributed by atoms with Crippen molar-refractivity contribution in [2.24, 2.45) is 0 Å². The smallest absolute Gasteiger partial charge is 0.181 e.